The van der Waals surface area contributed by atoms with Gasteiger partial charge in [0.25, 0.3) is 0 Å². The number of halogens is 3. The molecule has 0 fully saturated rings. The topological polar surface area (TPSA) is 81.1 Å². The summed E-state index contributed by atoms with van der Waals surface area (Å²) < 4.78 is 38.7. The van der Waals surface area contributed by atoms with Gasteiger partial charge in [-0.1, -0.05) is 0 Å². The summed E-state index contributed by atoms with van der Waals surface area (Å²) in [7, 11) is 0. The predicted molar refractivity (Wildman–Crippen MR) is 68.9 cm³/mol. The van der Waals surface area contributed by atoms with Crippen molar-refractivity contribution in [2.45, 2.75) is 19.0 Å². The van der Waals surface area contributed by atoms with Crippen LogP contribution in [0.2, 0.25) is 0 Å². The third-order valence-electron chi connectivity index (χ3n) is 2.93. The van der Waals surface area contributed by atoms with E-state index in [2.05, 4.69) is 5.10 Å². The minimum Gasteiger partial charge on any atom is -0.481 e. The number of nitrogen functional groups attached to an aromatic ring is 1. The first kappa shape index (κ1) is 14.9. The summed E-state index contributed by atoms with van der Waals surface area (Å²) in [6.45, 7) is 0. The lowest BCUT2D eigenvalue weighted by atomic mass is 10.2. The van der Waals surface area contributed by atoms with Crippen molar-refractivity contribution in [2.24, 2.45) is 0 Å². The van der Waals surface area contributed by atoms with Crippen LogP contribution in [-0.4, -0.2) is 20.9 Å². The van der Waals surface area contributed by atoms with Crippen LogP contribution in [-0.2, 0) is 17.4 Å². The molecule has 1 aromatic heterocycles. The second kappa shape index (κ2) is 5.47. The zero-order valence-electron chi connectivity index (χ0n) is 10.8. The molecule has 0 atom stereocenters. The Morgan fingerprint density at radius 2 is 1.90 bits per heavy atom. The van der Waals surface area contributed by atoms with Crippen molar-refractivity contribution in [3.63, 3.8) is 0 Å². The van der Waals surface area contributed by atoms with Crippen molar-refractivity contribution in [3.8, 4) is 5.69 Å². The molecular weight excluding hydrogens is 287 g/mol. The SMILES string of the molecule is Nc1c(CCC(=O)O)cnn1-c1ccc(C(F)(F)F)cc1. The number of benzene rings is 1. The van der Waals surface area contributed by atoms with Crippen LogP contribution in [0, 0.1) is 0 Å². The Hall–Kier alpha value is -2.51. The maximum absolute atomic E-state index is 12.5. The summed E-state index contributed by atoms with van der Waals surface area (Å²) in [6.07, 6.45) is -2.87. The Morgan fingerprint density at radius 3 is 2.43 bits per heavy atom. The highest BCUT2D eigenvalue weighted by molar-refractivity contribution is 5.67. The van der Waals surface area contributed by atoms with Crippen molar-refractivity contribution in [3.05, 3.63) is 41.6 Å². The number of carbonyl (C=O) groups is 1. The highest BCUT2D eigenvalue weighted by Crippen LogP contribution is 2.30. The number of nitrogens with zero attached hydrogens (tertiary/aromatic N) is 2. The molecule has 2 rings (SSSR count). The highest BCUT2D eigenvalue weighted by atomic mass is 19.4. The average molecular weight is 299 g/mol. The van der Waals surface area contributed by atoms with Crippen molar-refractivity contribution < 1.29 is 23.1 Å². The Bertz CT molecular complexity index is 648. The number of alkyl halides is 3. The maximum Gasteiger partial charge on any atom is 0.416 e. The molecule has 0 saturated heterocycles. The fourth-order valence-corrected chi connectivity index (χ4v) is 1.82. The molecule has 0 aliphatic carbocycles. The van der Waals surface area contributed by atoms with Crippen LogP contribution >= 0.6 is 0 Å². The van der Waals surface area contributed by atoms with Crippen LogP contribution < -0.4 is 5.73 Å². The summed E-state index contributed by atoms with van der Waals surface area (Å²) in [4.78, 5) is 10.5. The van der Waals surface area contributed by atoms with Gasteiger partial charge in [-0.3, -0.25) is 4.79 Å². The molecule has 2 aromatic rings. The summed E-state index contributed by atoms with van der Waals surface area (Å²) in [5, 5.41) is 12.6. The number of nitrogens with two attached hydrogens (primary N) is 1. The Morgan fingerprint density at radius 1 is 1.29 bits per heavy atom. The number of carboxylic acids is 1. The molecule has 112 valence electrons. The monoisotopic (exact) mass is 299 g/mol. The number of rotatable bonds is 4. The second-order valence-corrected chi connectivity index (χ2v) is 4.41. The molecule has 0 spiro atoms. The van der Waals surface area contributed by atoms with Gasteiger partial charge in [-0.2, -0.15) is 18.3 Å². The third kappa shape index (κ3) is 3.33. The Balaban J connectivity index is 2.24. The van der Waals surface area contributed by atoms with Gasteiger partial charge < -0.3 is 10.8 Å². The largest absolute Gasteiger partial charge is 0.481 e. The summed E-state index contributed by atoms with van der Waals surface area (Å²) >= 11 is 0. The molecular formula is C13H12F3N3O2. The molecule has 1 aromatic carbocycles. The zero-order valence-corrected chi connectivity index (χ0v) is 10.8. The van der Waals surface area contributed by atoms with E-state index in [0.29, 0.717) is 11.3 Å². The summed E-state index contributed by atoms with van der Waals surface area (Å²) in [6, 6.07) is 4.39. The lowest BCUT2D eigenvalue weighted by Crippen LogP contribution is -2.07. The van der Waals surface area contributed by atoms with Crippen molar-refractivity contribution in [1.82, 2.24) is 9.78 Å². The van der Waals surface area contributed by atoms with Gasteiger partial charge >= 0.3 is 12.1 Å². The second-order valence-electron chi connectivity index (χ2n) is 4.41. The number of hydrogen-bond acceptors (Lipinski definition) is 3. The van der Waals surface area contributed by atoms with Crippen molar-refractivity contribution >= 4 is 11.8 Å². The van der Waals surface area contributed by atoms with Crippen LogP contribution in [0.4, 0.5) is 19.0 Å². The molecule has 3 N–H and O–H groups in total. The normalized spacial score (nSPS) is 11.6. The molecule has 21 heavy (non-hydrogen) atoms. The first-order valence-electron chi connectivity index (χ1n) is 6.01. The van der Waals surface area contributed by atoms with E-state index in [1.54, 1.807) is 0 Å². The van der Waals surface area contributed by atoms with Crippen LogP contribution in [0.3, 0.4) is 0 Å². The third-order valence-corrected chi connectivity index (χ3v) is 2.93. The number of aromatic nitrogens is 2. The van der Waals surface area contributed by atoms with Gasteiger partial charge in [-0.25, -0.2) is 4.68 Å². The molecule has 5 nitrogen and oxygen atoms in total. The van der Waals surface area contributed by atoms with Gasteiger partial charge in [0, 0.05) is 12.0 Å². The highest BCUT2D eigenvalue weighted by Gasteiger charge is 2.30. The van der Waals surface area contributed by atoms with Gasteiger partial charge in [0.05, 0.1) is 17.4 Å². The molecule has 8 heteroatoms. The van der Waals surface area contributed by atoms with Crippen molar-refractivity contribution in [1.29, 1.82) is 0 Å². The number of anilines is 1. The summed E-state index contributed by atoms with van der Waals surface area (Å²) in [5.41, 5.74) is 5.99. The van der Waals surface area contributed by atoms with E-state index in [4.69, 9.17) is 10.8 Å². The predicted octanol–water partition coefficient (Wildman–Crippen LogP) is 2.49. The lowest BCUT2D eigenvalue weighted by Gasteiger charge is -2.09. The average Bonchev–Trinajstić information content (AvgIpc) is 2.77. The fourth-order valence-electron chi connectivity index (χ4n) is 1.82. The smallest absolute Gasteiger partial charge is 0.416 e. The maximum atomic E-state index is 12.5. The number of aliphatic carboxylic acids is 1. The number of aryl methyl sites for hydroxylation is 1. The van der Waals surface area contributed by atoms with Gasteiger partial charge in [0.2, 0.25) is 0 Å². The quantitative estimate of drug-likeness (QED) is 0.908. The number of hydrogen-bond donors (Lipinski definition) is 2. The van der Waals surface area contributed by atoms with E-state index in [-0.39, 0.29) is 18.7 Å². The number of carboxylic acid groups (broad SMARTS) is 1. The molecule has 0 radical (unpaired) electrons. The Labute approximate surface area is 117 Å². The van der Waals surface area contributed by atoms with Crippen LogP contribution in [0.5, 0.6) is 0 Å². The van der Waals surface area contributed by atoms with Crippen LogP contribution in [0.15, 0.2) is 30.5 Å². The van der Waals surface area contributed by atoms with E-state index >= 15 is 0 Å². The van der Waals surface area contributed by atoms with E-state index in [1.807, 2.05) is 0 Å². The van der Waals surface area contributed by atoms with Crippen LogP contribution in [0.1, 0.15) is 17.5 Å². The standard InChI is InChI=1S/C13H12F3N3O2/c14-13(15,16)9-2-4-10(5-3-9)19-12(17)8(7-18-19)1-6-11(20)21/h2-5,7H,1,6,17H2,(H,20,21). The first-order valence-corrected chi connectivity index (χ1v) is 6.01. The first-order chi connectivity index (χ1) is 9.79. The molecule has 0 amide bonds. The van der Waals surface area contributed by atoms with E-state index < -0.39 is 17.7 Å². The minimum absolute atomic E-state index is 0.0943. The molecule has 0 saturated carbocycles. The summed E-state index contributed by atoms with van der Waals surface area (Å²) in [5.74, 6) is -0.743. The minimum atomic E-state index is -4.40. The van der Waals surface area contributed by atoms with Crippen molar-refractivity contribution in [2.75, 3.05) is 5.73 Å². The van der Waals surface area contributed by atoms with E-state index in [9.17, 15) is 18.0 Å². The molecule has 0 bridgehead atoms. The van der Waals surface area contributed by atoms with Gasteiger partial charge in [0.15, 0.2) is 0 Å². The fraction of sp³-hybridized carbons (Fsp3) is 0.231. The molecule has 0 aliphatic rings. The Kier molecular flexibility index (Phi) is 3.88. The lowest BCUT2D eigenvalue weighted by molar-refractivity contribution is -0.138. The zero-order chi connectivity index (χ0) is 15.6. The van der Waals surface area contributed by atoms with Gasteiger partial charge in [0.1, 0.15) is 5.82 Å². The van der Waals surface area contributed by atoms with E-state index in [0.717, 1.165) is 12.1 Å². The van der Waals surface area contributed by atoms with Gasteiger partial charge in [-0.05, 0) is 30.7 Å². The van der Waals surface area contributed by atoms with E-state index in [1.165, 1.54) is 23.0 Å². The molecule has 1 heterocycles. The molecule has 0 unspecified atom stereocenters. The molecule has 0 aliphatic heterocycles. The van der Waals surface area contributed by atoms with Crippen LogP contribution in [0.25, 0.3) is 5.69 Å². The van der Waals surface area contributed by atoms with Gasteiger partial charge in [-0.15, -0.1) is 0 Å².